The minimum Gasteiger partial charge on any atom is -0.465 e. The zero-order valence-corrected chi connectivity index (χ0v) is 15.2. The van der Waals surface area contributed by atoms with Crippen molar-refractivity contribution >= 4 is 17.6 Å². The summed E-state index contributed by atoms with van der Waals surface area (Å²) in [6.45, 7) is 4.99. The fraction of sp³-hybridized carbons (Fsp3) is 0.421. The van der Waals surface area contributed by atoms with Crippen molar-refractivity contribution in [1.82, 2.24) is 14.5 Å². The van der Waals surface area contributed by atoms with Crippen LogP contribution in [0.1, 0.15) is 29.7 Å². The Balaban J connectivity index is 1.52. The first-order chi connectivity index (χ1) is 12.6. The Hall–Kier alpha value is -2.83. The minimum atomic E-state index is -0.334. The van der Waals surface area contributed by atoms with E-state index in [1.807, 2.05) is 34.7 Å². The van der Waals surface area contributed by atoms with Crippen LogP contribution in [0.4, 0.5) is 5.69 Å². The van der Waals surface area contributed by atoms with Crippen LogP contribution in [0.3, 0.4) is 0 Å². The predicted molar refractivity (Wildman–Crippen MR) is 98.1 cm³/mol. The molecule has 2 heterocycles. The average Bonchev–Trinajstić information content (AvgIpc) is 3.22. The molecule has 0 aliphatic carbocycles. The molecule has 26 heavy (non-hydrogen) atoms. The zero-order valence-electron chi connectivity index (χ0n) is 15.2. The van der Waals surface area contributed by atoms with Crippen molar-refractivity contribution < 1.29 is 14.3 Å². The van der Waals surface area contributed by atoms with E-state index in [4.69, 9.17) is 4.74 Å². The summed E-state index contributed by atoms with van der Waals surface area (Å²) in [7, 11) is 1.38. The number of carbonyl (C=O) groups is 2. The largest absolute Gasteiger partial charge is 0.465 e. The van der Waals surface area contributed by atoms with E-state index in [9.17, 15) is 9.59 Å². The Bertz CT molecular complexity index is 735. The van der Waals surface area contributed by atoms with E-state index >= 15 is 0 Å². The summed E-state index contributed by atoms with van der Waals surface area (Å²) < 4.78 is 6.67. The molecule has 0 saturated carbocycles. The lowest BCUT2D eigenvalue weighted by molar-refractivity contribution is -0.132. The average molecular weight is 356 g/mol. The van der Waals surface area contributed by atoms with Crippen LogP contribution in [0.2, 0.25) is 0 Å². The summed E-state index contributed by atoms with van der Waals surface area (Å²) in [6, 6.07) is 7.49. The van der Waals surface area contributed by atoms with Gasteiger partial charge in [-0.25, -0.2) is 9.78 Å². The first-order valence-electron chi connectivity index (χ1n) is 8.77. The van der Waals surface area contributed by atoms with Crippen LogP contribution in [0, 0.1) is 0 Å². The number of imidazole rings is 1. The number of hydrogen-bond donors (Lipinski definition) is 0. The quantitative estimate of drug-likeness (QED) is 0.766. The van der Waals surface area contributed by atoms with Crippen molar-refractivity contribution in [2.24, 2.45) is 0 Å². The van der Waals surface area contributed by atoms with E-state index in [0.29, 0.717) is 25.1 Å². The molecule has 0 spiro atoms. The van der Waals surface area contributed by atoms with Crippen molar-refractivity contribution in [2.45, 2.75) is 19.4 Å². The maximum atomic E-state index is 12.5. The van der Waals surface area contributed by atoms with Crippen LogP contribution in [0.5, 0.6) is 0 Å². The molecule has 0 unspecified atom stereocenters. The molecule has 2 aromatic rings. The van der Waals surface area contributed by atoms with Gasteiger partial charge in [0.1, 0.15) is 0 Å². The normalized spacial score (nSPS) is 15.6. The third kappa shape index (κ3) is 4.04. The molecule has 7 nitrogen and oxygen atoms in total. The lowest BCUT2D eigenvalue weighted by Gasteiger charge is -2.36. The van der Waals surface area contributed by atoms with Crippen LogP contribution < -0.4 is 4.90 Å². The van der Waals surface area contributed by atoms with Gasteiger partial charge in [-0.1, -0.05) is 0 Å². The molecule has 1 atom stereocenters. The number of benzene rings is 1. The van der Waals surface area contributed by atoms with Gasteiger partial charge in [0.2, 0.25) is 5.91 Å². The second-order valence-corrected chi connectivity index (χ2v) is 6.47. The number of rotatable bonds is 5. The van der Waals surface area contributed by atoms with Crippen molar-refractivity contribution in [2.75, 3.05) is 38.2 Å². The van der Waals surface area contributed by atoms with Crippen molar-refractivity contribution in [1.29, 1.82) is 0 Å². The van der Waals surface area contributed by atoms with E-state index in [1.54, 1.807) is 24.7 Å². The number of amides is 1. The molecule has 0 radical (unpaired) electrons. The molecular weight excluding hydrogens is 332 g/mol. The first-order valence-corrected chi connectivity index (χ1v) is 8.77. The number of piperazine rings is 1. The highest BCUT2D eigenvalue weighted by atomic mass is 16.5. The lowest BCUT2D eigenvalue weighted by Crippen LogP contribution is -2.49. The lowest BCUT2D eigenvalue weighted by atomic mass is 10.1. The van der Waals surface area contributed by atoms with Crippen LogP contribution >= 0.6 is 0 Å². The summed E-state index contributed by atoms with van der Waals surface area (Å²) >= 11 is 0. The monoisotopic (exact) mass is 356 g/mol. The molecule has 1 aliphatic rings. The van der Waals surface area contributed by atoms with E-state index in [0.717, 1.165) is 18.8 Å². The molecule has 7 heteroatoms. The number of carbonyl (C=O) groups excluding carboxylic acids is 2. The molecule has 1 amide bonds. The van der Waals surface area contributed by atoms with E-state index in [2.05, 4.69) is 9.88 Å². The Morgan fingerprint density at radius 2 is 1.85 bits per heavy atom. The minimum absolute atomic E-state index is 0.105. The van der Waals surface area contributed by atoms with E-state index in [1.165, 1.54) is 7.11 Å². The number of aromatic nitrogens is 2. The second kappa shape index (κ2) is 8.03. The van der Waals surface area contributed by atoms with Gasteiger partial charge in [-0.3, -0.25) is 4.79 Å². The highest BCUT2D eigenvalue weighted by Gasteiger charge is 2.23. The van der Waals surface area contributed by atoms with Gasteiger partial charge in [-0.15, -0.1) is 0 Å². The highest BCUT2D eigenvalue weighted by molar-refractivity contribution is 5.89. The number of hydrogen-bond acceptors (Lipinski definition) is 5. The summed E-state index contributed by atoms with van der Waals surface area (Å²) in [5.74, 6) is -0.161. The maximum Gasteiger partial charge on any atom is 0.337 e. The van der Waals surface area contributed by atoms with Gasteiger partial charge in [0.15, 0.2) is 0 Å². The standard InChI is InChI=1S/C19H24N4O3/c1-15(23-8-7-20-14-23)13-18(24)22-11-9-21(10-12-22)17-5-3-16(4-6-17)19(25)26-2/h3-8,14-15H,9-13H2,1-2H3/t15-/m0/s1. The molecule has 0 bridgehead atoms. The van der Waals surface area contributed by atoms with Crippen LogP contribution in [0.25, 0.3) is 0 Å². The third-order valence-corrected chi connectivity index (χ3v) is 4.79. The smallest absolute Gasteiger partial charge is 0.337 e. The molecule has 3 rings (SSSR count). The van der Waals surface area contributed by atoms with Crippen LogP contribution in [-0.2, 0) is 9.53 Å². The molecule has 0 N–H and O–H groups in total. The van der Waals surface area contributed by atoms with Gasteiger partial charge >= 0.3 is 5.97 Å². The SMILES string of the molecule is COC(=O)c1ccc(N2CCN(C(=O)C[C@H](C)n3ccnc3)CC2)cc1. The topological polar surface area (TPSA) is 67.7 Å². The second-order valence-electron chi connectivity index (χ2n) is 6.47. The van der Waals surface area contributed by atoms with Gasteiger partial charge in [0, 0.05) is 56.7 Å². The van der Waals surface area contributed by atoms with E-state index in [-0.39, 0.29) is 17.9 Å². The van der Waals surface area contributed by atoms with Crippen molar-refractivity contribution in [3.05, 3.63) is 48.5 Å². The third-order valence-electron chi connectivity index (χ3n) is 4.79. The Labute approximate surface area is 153 Å². The zero-order chi connectivity index (χ0) is 18.5. The predicted octanol–water partition coefficient (Wildman–Crippen LogP) is 1.97. The van der Waals surface area contributed by atoms with Crippen molar-refractivity contribution in [3.63, 3.8) is 0 Å². The van der Waals surface area contributed by atoms with E-state index < -0.39 is 0 Å². The molecular formula is C19H24N4O3. The fourth-order valence-corrected chi connectivity index (χ4v) is 3.16. The summed E-state index contributed by atoms with van der Waals surface area (Å²) in [6.07, 6.45) is 5.83. The summed E-state index contributed by atoms with van der Waals surface area (Å²) in [5.41, 5.74) is 1.59. The molecule has 1 aliphatic heterocycles. The summed E-state index contributed by atoms with van der Waals surface area (Å²) in [4.78, 5) is 32.2. The van der Waals surface area contributed by atoms with Gasteiger partial charge in [0.25, 0.3) is 0 Å². The van der Waals surface area contributed by atoms with Gasteiger partial charge < -0.3 is 19.1 Å². The van der Waals surface area contributed by atoms with Gasteiger partial charge in [0.05, 0.1) is 19.0 Å². The number of methoxy groups -OCH3 is 1. The van der Waals surface area contributed by atoms with Crippen LogP contribution in [-0.4, -0.2) is 59.6 Å². The van der Waals surface area contributed by atoms with Crippen molar-refractivity contribution in [3.8, 4) is 0 Å². The highest BCUT2D eigenvalue weighted by Crippen LogP contribution is 2.19. The number of nitrogens with zero attached hydrogens (tertiary/aromatic N) is 4. The molecule has 138 valence electrons. The Kier molecular flexibility index (Phi) is 5.55. The Morgan fingerprint density at radius 1 is 1.15 bits per heavy atom. The van der Waals surface area contributed by atoms with Crippen LogP contribution in [0.15, 0.2) is 43.0 Å². The molecule has 1 aromatic carbocycles. The number of ether oxygens (including phenoxy) is 1. The first kappa shape index (κ1) is 18.0. The number of esters is 1. The number of anilines is 1. The van der Waals surface area contributed by atoms with Gasteiger partial charge in [-0.2, -0.15) is 0 Å². The molecule has 1 saturated heterocycles. The Morgan fingerprint density at radius 3 is 2.42 bits per heavy atom. The van der Waals surface area contributed by atoms with Gasteiger partial charge in [-0.05, 0) is 31.2 Å². The molecule has 1 aromatic heterocycles. The fourth-order valence-electron chi connectivity index (χ4n) is 3.16. The summed E-state index contributed by atoms with van der Waals surface area (Å²) in [5, 5.41) is 0. The maximum absolute atomic E-state index is 12.5. The molecule has 1 fully saturated rings.